The van der Waals surface area contributed by atoms with E-state index in [1.165, 1.54) is 0 Å². The smallest absolute Gasteiger partial charge is 0.332 e. The van der Waals surface area contributed by atoms with Crippen LogP contribution in [-0.4, -0.2) is 61.0 Å². The molecule has 2 heterocycles. The Labute approximate surface area is 180 Å². The molecule has 7 nitrogen and oxygen atoms in total. The Bertz CT molecular complexity index is 640. The van der Waals surface area contributed by atoms with E-state index in [1.807, 2.05) is 7.05 Å². The Balaban J connectivity index is 1.85. The molecule has 0 aromatic heterocycles. The van der Waals surface area contributed by atoms with Crippen molar-refractivity contribution in [2.75, 3.05) is 26.7 Å². The molecule has 30 heavy (non-hydrogen) atoms. The van der Waals surface area contributed by atoms with E-state index in [0.29, 0.717) is 38.5 Å². The summed E-state index contributed by atoms with van der Waals surface area (Å²) in [5.74, 6) is 0.0745. The fraction of sp³-hybridized carbons (Fsp3) is 0.870. The second kappa shape index (κ2) is 10.1. The predicted molar refractivity (Wildman–Crippen MR) is 115 cm³/mol. The van der Waals surface area contributed by atoms with Crippen molar-refractivity contribution in [1.82, 2.24) is 15.5 Å². The van der Waals surface area contributed by atoms with Crippen LogP contribution >= 0.6 is 0 Å². The van der Waals surface area contributed by atoms with Crippen LogP contribution in [0.15, 0.2) is 0 Å². The summed E-state index contributed by atoms with van der Waals surface area (Å²) in [5, 5.41) is 6.26. The first-order chi connectivity index (χ1) is 14.4. The SMILES string of the molecule is CCOC(=O)C12CC1C(C)CCCCCCCC(=O)N1CCC(CNC)C1C(=O)N2. The van der Waals surface area contributed by atoms with E-state index in [9.17, 15) is 14.4 Å². The highest BCUT2D eigenvalue weighted by atomic mass is 16.5. The normalized spacial score (nSPS) is 35.5. The topological polar surface area (TPSA) is 87.7 Å². The number of esters is 1. The molecule has 2 N–H and O–H groups in total. The third-order valence-electron chi connectivity index (χ3n) is 7.32. The van der Waals surface area contributed by atoms with Gasteiger partial charge in [0.05, 0.1) is 6.61 Å². The summed E-state index contributed by atoms with van der Waals surface area (Å²) in [6, 6.07) is -0.516. The highest BCUT2D eigenvalue weighted by molar-refractivity contribution is 5.95. The molecular formula is C23H39N3O4. The maximum absolute atomic E-state index is 13.5. The van der Waals surface area contributed by atoms with E-state index in [2.05, 4.69) is 17.6 Å². The van der Waals surface area contributed by atoms with E-state index >= 15 is 0 Å². The molecule has 2 aliphatic heterocycles. The van der Waals surface area contributed by atoms with Crippen molar-refractivity contribution < 1.29 is 19.1 Å². The van der Waals surface area contributed by atoms with Gasteiger partial charge in [-0.25, -0.2) is 4.79 Å². The lowest BCUT2D eigenvalue weighted by Gasteiger charge is -2.30. The minimum Gasteiger partial charge on any atom is -0.464 e. The Morgan fingerprint density at radius 2 is 1.93 bits per heavy atom. The van der Waals surface area contributed by atoms with Crippen LogP contribution in [0.4, 0.5) is 0 Å². The van der Waals surface area contributed by atoms with Crippen molar-refractivity contribution in [3.05, 3.63) is 0 Å². The van der Waals surface area contributed by atoms with E-state index in [1.54, 1.807) is 11.8 Å². The fourth-order valence-electron chi connectivity index (χ4n) is 5.54. The summed E-state index contributed by atoms with van der Waals surface area (Å²) in [6.07, 6.45) is 8.34. The Morgan fingerprint density at radius 3 is 2.67 bits per heavy atom. The highest BCUT2D eigenvalue weighted by Gasteiger charge is 2.64. The molecule has 1 aliphatic carbocycles. The van der Waals surface area contributed by atoms with Crippen LogP contribution in [0.1, 0.15) is 71.6 Å². The molecule has 3 fully saturated rings. The first-order valence-electron chi connectivity index (χ1n) is 11.9. The predicted octanol–water partition coefficient (Wildman–Crippen LogP) is 2.24. The van der Waals surface area contributed by atoms with Gasteiger partial charge in [-0.05, 0) is 45.1 Å². The molecular weight excluding hydrogens is 382 g/mol. The molecule has 5 atom stereocenters. The summed E-state index contributed by atoms with van der Waals surface area (Å²) in [7, 11) is 1.87. The lowest BCUT2D eigenvalue weighted by molar-refractivity contribution is -0.150. The summed E-state index contributed by atoms with van der Waals surface area (Å²) in [4.78, 5) is 41.0. The van der Waals surface area contributed by atoms with E-state index in [-0.39, 0.29) is 29.6 Å². The summed E-state index contributed by atoms with van der Waals surface area (Å²) in [5.41, 5.74) is -0.922. The van der Waals surface area contributed by atoms with Gasteiger partial charge in [0.1, 0.15) is 11.6 Å². The molecule has 7 heteroatoms. The average molecular weight is 422 g/mol. The van der Waals surface area contributed by atoms with Gasteiger partial charge in [0.15, 0.2) is 0 Å². The molecule has 0 radical (unpaired) electrons. The van der Waals surface area contributed by atoms with Crippen molar-refractivity contribution in [2.45, 2.75) is 83.2 Å². The highest BCUT2D eigenvalue weighted by Crippen LogP contribution is 2.51. The molecule has 170 valence electrons. The standard InChI is InChI=1S/C23H39N3O4/c1-4-30-22(29)23-14-18(23)16(2)10-8-6-5-7-9-11-19(27)26-13-12-17(15-24-3)20(26)21(28)25-23/h16-18,20,24H,4-15H2,1-3H3,(H,25,28). The maximum atomic E-state index is 13.5. The van der Waals surface area contributed by atoms with Crippen LogP contribution in [0.3, 0.4) is 0 Å². The number of carbonyl (C=O) groups excluding carboxylic acids is 3. The lowest BCUT2D eigenvalue weighted by atomic mass is 9.94. The van der Waals surface area contributed by atoms with Crippen molar-refractivity contribution >= 4 is 17.8 Å². The van der Waals surface area contributed by atoms with Crippen LogP contribution < -0.4 is 10.6 Å². The third-order valence-corrected chi connectivity index (χ3v) is 7.32. The zero-order valence-corrected chi connectivity index (χ0v) is 18.9. The largest absolute Gasteiger partial charge is 0.464 e. The summed E-state index contributed by atoms with van der Waals surface area (Å²) >= 11 is 0. The number of carbonyl (C=O) groups is 3. The van der Waals surface area contributed by atoms with Gasteiger partial charge < -0.3 is 20.3 Å². The number of amides is 2. The van der Waals surface area contributed by atoms with Crippen molar-refractivity contribution in [3.8, 4) is 0 Å². The number of nitrogens with zero attached hydrogens (tertiary/aromatic N) is 1. The molecule has 3 rings (SSSR count). The lowest BCUT2D eigenvalue weighted by Crippen LogP contribution is -2.56. The van der Waals surface area contributed by atoms with Gasteiger partial charge in [-0.1, -0.05) is 39.0 Å². The number of ether oxygens (including phenoxy) is 1. The monoisotopic (exact) mass is 421 g/mol. The molecule has 3 aliphatic rings. The quantitative estimate of drug-likeness (QED) is 0.680. The first-order valence-corrected chi connectivity index (χ1v) is 11.9. The minimum atomic E-state index is -0.922. The summed E-state index contributed by atoms with van der Waals surface area (Å²) < 4.78 is 5.37. The van der Waals surface area contributed by atoms with Gasteiger partial charge in [-0.2, -0.15) is 0 Å². The van der Waals surface area contributed by atoms with E-state index in [4.69, 9.17) is 4.74 Å². The van der Waals surface area contributed by atoms with Gasteiger partial charge in [0, 0.05) is 25.4 Å². The number of hydrogen-bond donors (Lipinski definition) is 2. The number of fused-ring (bicyclic) bond motifs is 2. The Hall–Kier alpha value is -1.63. The third kappa shape index (κ3) is 4.82. The number of hydrogen-bond acceptors (Lipinski definition) is 5. The van der Waals surface area contributed by atoms with Crippen LogP contribution in [0.5, 0.6) is 0 Å². The van der Waals surface area contributed by atoms with E-state index < -0.39 is 11.6 Å². The first kappa shape index (κ1) is 23.0. The van der Waals surface area contributed by atoms with Gasteiger partial charge in [-0.3, -0.25) is 9.59 Å². The molecule has 2 saturated heterocycles. The summed E-state index contributed by atoms with van der Waals surface area (Å²) in [6.45, 7) is 5.56. The second-order valence-corrected chi connectivity index (χ2v) is 9.41. The van der Waals surface area contributed by atoms with Crippen LogP contribution in [0, 0.1) is 17.8 Å². The molecule has 1 saturated carbocycles. The molecule has 0 bridgehead atoms. The van der Waals surface area contributed by atoms with Gasteiger partial charge in [0.2, 0.25) is 11.8 Å². The maximum Gasteiger partial charge on any atom is 0.332 e. The van der Waals surface area contributed by atoms with E-state index in [0.717, 1.165) is 44.9 Å². The minimum absolute atomic E-state index is 0.0588. The van der Waals surface area contributed by atoms with Gasteiger partial charge in [0.25, 0.3) is 0 Å². The number of rotatable bonds is 4. The molecule has 2 amide bonds. The average Bonchev–Trinajstić information content (AvgIpc) is 3.29. The van der Waals surface area contributed by atoms with Crippen LogP contribution in [-0.2, 0) is 19.1 Å². The molecule has 0 aromatic carbocycles. The van der Waals surface area contributed by atoms with Crippen molar-refractivity contribution in [1.29, 1.82) is 0 Å². The number of nitrogens with one attached hydrogen (secondary N) is 2. The second-order valence-electron chi connectivity index (χ2n) is 9.41. The van der Waals surface area contributed by atoms with Crippen LogP contribution in [0.25, 0.3) is 0 Å². The van der Waals surface area contributed by atoms with Crippen molar-refractivity contribution in [2.24, 2.45) is 17.8 Å². The van der Waals surface area contributed by atoms with Crippen LogP contribution in [0.2, 0.25) is 0 Å². The molecule has 0 aromatic rings. The Morgan fingerprint density at radius 1 is 1.20 bits per heavy atom. The van der Waals surface area contributed by atoms with Gasteiger partial charge >= 0.3 is 5.97 Å². The van der Waals surface area contributed by atoms with Gasteiger partial charge in [-0.15, -0.1) is 0 Å². The zero-order chi connectivity index (χ0) is 21.7. The zero-order valence-electron chi connectivity index (χ0n) is 18.9. The Kier molecular flexibility index (Phi) is 7.77. The van der Waals surface area contributed by atoms with Crippen molar-refractivity contribution in [3.63, 3.8) is 0 Å². The fourth-order valence-corrected chi connectivity index (χ4v) is 5.54. The molecule has 0 spiro atoms. The molecule has 5 unspecified atom stereocenters.